The summed E-state index contributed by atoms with van der Waals surface area (Å²) in [5, 5.41) is 8.67. The lowest BCUT2D eigenvalue weighted by atomic mass is 10.2. The lowest BCUT2D eigenvalue weighted by Gasteiger charge is -2.05. The summed E-state index contributed by atoms with van der Waals surface area (Å²) in [4.78, 5) is 0. The maximum atomic E-state index is 13.4. The van der Waals surface area contributed by atoms with Crippen molar-refractivity contribution < 1.29 is 4.39 Å². The third-order valence-corrected chi connectivity index (χ3v) is 2.54. The fourth-order valence-corrected chi connectivity index (χ4v) is 1.66. The molecule has 1 aromatic carbocycles. The van der Waals surface area contributed by atoms with Gasteiger partial charge >= 0.3 is 0 Å². The zero-order valence-electron chi connectivity index (χ0n) is 8.20. The molecule has 0 amide bonds. The Labute approximate surface area is 91.1 Å². The van der Waals surface area contributed by atoms with Gasteiger partial charge in [0.2, 0.25) is 0 Å². The van der Waals surface area contributed by atoms with Gasteiger partial charge in [0.05, 0.1) is 17.9 Å². The minimum atomic E-state index is -0.238. The van der Waals surface area contributed by atoms with Crippen molar-refractivity contribution in [3.05, 3.63) is 40.7 Å². The number of hydrogen-bond donors (Lipinski definition) is 1. The average Bonchev–Trinajstić information content (AvgIpc) is 2.69. The Morgan fingerprint density at radius 2 is 2.33 bits per heavy atom. The Balaban J connectivity index is 2.05. The quantitative estimate of drug-likeness (QED) is 0.869. The molecule has 0 saturated heterocycles. The van der Waals surface area contributed by atoms with E-state index in [1.165, 1.54) is 17.6 Å². The molecule has 0 aliphatic heterocycles. The number of nitrogens with one attached hydrogen (secondary N) is 1. The van der Waals surface area contributed by atoms with Gasteiger partial charge in [-0.05, 0) is 36.2 Å². The highest BCUT2D eigenvalue weighted by molar-refractivity contribution is 7.03. The monoisotopic (exact) mass is 223 g/mol. The molecule has 0 aliphatic rings. The average molecular weight is 223 g/mol. The molecule has 0 atom stereocenters. The molecule has 2 rings (SSSR count). The minimum absolute atomic E-state index is 0.238. The first kappa shape index (κ1) is 10.0. The van der Waals surface area contributed by atoms with Gasteiger partial charge in [-0.15, -0.1) is 5.10 Å². The fourth-order valence-electron chi connectivity index (χ4n) is 1.21. The molecule has 15 heavy (non-hydrogen) atoms. The third kappa shape index (κ3) is 2.50. The zero-order valence-corrected chi connectivity index (χ0v) is 9.01. The predicted octanol–water partition coefficient (Wildman–Crippen LogP) is 2.60. The second-order valence-electron chi connectivity index (χ2n) is 3.23. The van der Waals surface area contributed by atoms with Crippen LogP contribution in [0.4, 0.5) is 10.1 Å². The molecule has 0 bridgehead atoms. The number of halogens is 1. The Bertz CT molecular complexity index is 442. The van der Waals surface area contributed by atoms with E-state index in [4.69, 9.17) is 0 Å². The molecule has 5 heteroatoms. The van der Waals surface area contributed by atoms with Crippen LogP contribution in [0.15, 0.2) is 23.6 Å². The lowest BCUT2D eigenvalue weighted by Crippen LogP contribution is -2.01. The smallest absolute Gasteiger partial charge is 0.146 e. The van der Waals surface area contributed by atoms with Crippen molar-refractivity contribution in [3.8, 4) is 0 Å². The van der Waals surface area contributed by atoms with E-state index < -0.39 is 0 Å². The first-order valence-corrected chi connectivity index (χ1v) is 5.35. The number of hydrogen-bond acceptors (Lipinski definition) is 4. The highest BCUT2D eigenvalue weighted by Gasteiger charge is 2.02. The second-order valence-corrected chi connectivity index (χ2v) is 3.84. The molecule has 0 saturated carbocycles. The predicted molar refractivity (Wildman–Crippen MR) is 58.4 cm³/mol. The molecule has 78 valence electrons. The maximum absolute atomic E-state index is 13.4. The van der Waals surface area contributed by atoms with E-state index in [9.17, 15) is 4.39 Å². The molecule has 1 N–H and O–H groups in total. The van der Waals surface area contributed by atoms with Crippen LogP contribution in [0.1, 0.15) is 11.3 Å². The molecule has 0 unspecified atom stereocenters. The van der Waals surface area contributed by atoms with Crippen molar-refractivity contribution in [2.75, 3.05) is 5.32 Å². The molecule has 0 fully saturated rings. The van der Waals surface area contributed by atoms with Gasteiger partial charge in [-0.3, -0.25) is 0 Å². The highest BCUT2D eigenvalue weighted by Crippen LogP contribution is 2.15. The normalized spacial score (nSPS) is 10.3. The van der Waals surface area contributed by atoms with Crippen molar-refractivity contribution in [3.63, 3.8) is 0 Å². The van der Waals surface area contributed by atoms with Gasteiger partial charge in [0.1, 0.15) is 5.82 Å². The summed E-state index contributed by atoms with van der Waals surface area (Å²) in [6.45, 7) is 2.35. The number of anilines is 1. The van der Waals surface area contributed by atoms with E-state index >= 15 is 0 Å². The van der Waals surface area contributed by atoms with Crippen LogP contribution >= 0.6 is 11.5 Å². The molecular weight excluding hydrogens is 213 g/mol. The zero-order chi connectivity index (χ0) is 10.7. The Morgan fingerprint density at radius 1 is 1.47 bits per heavy atom. The summed E-state index contributed by atoms with van der Waals surface area (Å²) in [5.74, 6) is -0.238. The van der Waals surface area contributed by atoms with Crippen LogP contribution < -0.4 is 5.32 Å². The molecule has 1 aromatic heterocycles. The molecule has 0 radical (unpaired) electrons. The third-order valence-electron chi connectivity index (χ3n) is 1.99. The SMILES string of the molecule is Cc1ccc(NCc2csnn2)c(F)c1. The summed E-state index contributed by atoms with van der Waals surface area (Å²) >= 11 is 1.29. The lowest BCUT2D eigenvalue weighted by molar-refractivity contribution is 0.629. The van der Waals surface area contributed by atoms with Gasteiger partial charge in [-0.25, -0.2) is 4.39 Å². The van der Waals surface area contributed by atoms with Gasteiger partial charge in [0, 0.05) is 5.38 Å². The minimum Gasteiger partial charge on any atom is -0.377 e. The Morgan fingerprint density at radius 3 is 3.00 bits per heavy atom. The van der Waals surface area contributed by atoms with Crippen molar-refractivity contribution in [2.45, 2.75) is 13.5 Å². The van der Waals surface area contributed by atoms with E-state index in [-0.39, 0.29) is 5.82 Å². The Hall–Kier alpha value is -1.49. The van der Waals surface area contributed by atoms with E-state index in [0.717, 1.165) is 11.3 Å². The molecule has 2 aromatic rings. The summed E-state index contributed by atoms with van der Waals surface area (Å²) < 4.78 is 17.1. The van der Waals surface area contributed by atoms with Crippen LogP contribution in [0.25, 0.3) is 0 Å². The van der Waals surface area contributed by atoms with Crippen LogP contribution in [-0.2, 0) is 6.54 Å². The Kier molecular flexibility index (Phi) is 2.91. The summed E-state index contributed by atoms with van der Waals surface area (Å²) in [7, 11) is 0. The van der Waals surface area contributed by atoms with Crippen LogP contribution in [0.3, 0.4) is 0 Å². The number of nitrogens with zero attached hydrogens (tertiary/aromatic N) is 2. The summed E-state index contributed by atoms with van der Waals surface area (Å²) in [6, 6.07) is 5.09. The van der Waals surface area contributed by atoms with Crippen molar-refractivity contribution >= 4 is 17.2 Å². The first-order valence-electron chi connectivity index (χ1n) is 4.51. The topological polar surface area (TPSA) is 37.8 Å². The largest absolute Gasteiger partial charge is 0.377 e. The van der Waals surface area contributed by atoms with Crippen LogP contribution in [0.2, 0.25) is 0 Å². The van der Waals surface area contributed by atoms with E-state index in [2.05, 4.69) is 14.9 Å². The van der Waals surface area contributed by atoms with Crippen molar-refractivity contribution in [2.24, 2.45) is 0 Å². The van der Waals surface area contributed by atoms with E-state index in [1.54, 1.807) is 6.07 Å². The summed E-state index contributed by atoms with van der Waals surface area (Å²) in [5.41, 5.74) is 2.22. The molecule has 0 spiro atoms. The van der Waals surface area contributed by atoms with Crippen molar-refractivity contribution in [1.29, 1.82) is 0 Å². The van der Waals surface area contributed by atoms with Crippen LogP contribution in [-0.4, -0.2) is 9.59 Å². The maximum Gasteiger partial charge on any atom is 0.146 e. The van der Waals surface area contributed by atoms with E-state index in [0.29, 0.717) is 12.2 Å². The van der Waals surface area contributed by atoms with Gasteiger partial charge in [0.25, 0.3) is 0 Å². The van der Waals surface area contributed by atoms with Gasteiger partial charge in [0.15, 0.2) is 0 Å². The molecule has 1 heterocycles. The summed E-state index contributed by atoms with van der Waals surface area (Å²) in [6.07, 6.45) is 0. The van der Waals surface area contributed by atoms with Crippen LogP contribution in [0.5, 0.6) is 0 Å². The van der Waals surface area contributed by atoms with Crippen LogP contribution in [0, 0.1) is 12.7 Å². The number of rotatable bonds is 3. The van der Waals surface area contributed by atoms with Gasteiger partial charge in [-0.1, -0.05) is 10.6 Å². The molecule has 0 aliphatic carbocycles. The molecule has 3 nitrogen and oxygen atoms in total. The van der Waals surface area contributed by atoms with Gasteiger partial charge in [-0.2, -0.15) is 0 Å². The number of aryl methyl sites for hydroxylation is 1. The molecular formula is C10H10FN3S. The van der Waals surface area contributed by atoms with E-state index in [1.807, 2.05) is 18.4 Å². The second kappa shape index (κ2) is 4.35. The standard InChI is InChI=1S/C10H10FN3S/c1-7-2-3-10(9(11)4-7)12-5-8-6-15-14-13-8/h2-4,6,12H,5H2,1H3. The number of aromatic nitrogens is 2. The van der Waals surface area contributed by atoms with Gasteiger partial charge < -0.3 is 5.32 Å². The first-order chi connectivity index (χ1) is 7.25. The number of benzene rings is 1. The fraction of sp³-hybridized carbons (Fsp3) is 0.200. The highest BCUT2D eigenvalue weighted by atomic mass is 32.1. The van der Waals surface area contributed by atoms with Crippen molar-refractivity contribution in [1.82, 2.24) is 9.59 Å².